The van der Waals surface area contributed by atoms with Gasteiger partial charge in [0, 0.05) is 12.8 Å². The maximum Gasteiger partial charge on any atom is 1.00 e. The Bertz CT molecular complexity index is 412. The first-order chi connectivity index (χ1) is 12.0. The second-order valence-electron chi connectivity index (χ2n) is 6.82. The molecule has 0 heterocycles. The first-order valence-corrected chi connectivity index (χ1v) is 11.4. The predicted molar refractivity (Wildman–Crippen MR) is 100 cm³/mol. The molecule has 0 aromatic rings. The van der Waals surface area contributed by atoms with Gasteiger partial charge in [-0.05, 0) is 12.8 Å². The molecule has 0 spiro atoms. The molecule has 0 rings (SSSR count). The summed E-state index contributed by atoms with van der Waals surface area (Å²) in [6, 6.07) is 0. The summed E-state index contributed by atoms with van der Waals surface area (Å²) in [6.07, 6.45) is 17.8. The van der Waals surface area contributed by atoms with Crippen LogP contribution < -0.4 is 18.9 Å². The molecule has 0 amide bonds. The molecule has 0 N–H and O–H groups in total. The molecule has 0 aromatic carbocycles. The Hall–Kier alpha value is 0.137. The van der Waals surface area contributed by atoms with Gasteiger partial charge in [-0.2, -0.15) is 0 Å². The second kappa shape index (κ2) is 19.9. The van der Waals surface area contributed by atoms with E-state index in [9.17, 15) is 17.8 Å². The molecule has 0 radical (unpaired) electrons. The van der Waals surface area contributed by atoms with Gasteiger partial charge in [0.15, 0.2) is 0 Å². The van der Waals surface area contributed by atoms with E-state index in [1.54, 1.807) is 0 Å². The van der Waals surface area contributed by atoms with Crippen LogP contribution in [-0.2, 0) is 19.4 Å². The third-order valence-electron chi connectivity index (χ3n) is 4.47. The quantitative estimate of drug-likeness (QED) is 0.148. The average molecular weight is 385 g/mol. The van der Waals surface area contributed by atoms with E-state index in [2.05, 4.69) is 4.18 Å². The third kappa shape index (κ3) is 24.1. The van der Waals surface area contributed by atoms with Gasteiger partial charge in [0.2, 0.25) is 10.4 Å². The van der Waals surface area contributed by atoms with Crippen molar-refractivity contribution in [3.63, 3.8) is 0 Å². The Balaban J connectivity index is 0. The Morgan fingerprint density at radius 1 is 0.731 bits per heavy atom. The minimum Gasteiger partial charge on any atom is -0.726 e. The van der Waals surface area contributed by atoms with Crippen LogP contribution in [0.1, 0.15) is 110 Å². The van der Waals surface area contributed by atoms with E-state index in [1.165, 1.54) is 64.2 Å². The van der Waals surface area contributed by atoms with Crippen LogP contribution in [0.4, 0.5) is 0 Å². The largest absolute Gasteiger partial charge is 1.00 e. The summed E-state index contributed by atoms with van der Waals surface area (Å²) in [7, 11) is -4.51. The molecule has 0 bridgehead atoms. The molecule has 7 heteroatoms. The molecule has 0 aliphatic carbocycles. The monoisotopic (exact) mass is 384 g/mol. The Morgan fingerprint density at radius 2 is 1.08 bits per heavy atom. The first kappa shape index (κ1) is 28.3. The van der Waals surface area contributed by atoms with Crippen LogP contribution in [0.2, 0.25) is 0 Å². The maximum atomic E-state index is 11.2. The van der Waals surface area contributed by atoms with E-state index in [1.807, 2.05) is 6.92 Å². The molecule has 26 heavy (non-hydrogen) atoms. The molecule has 0 saturated carbocycles. The number of unbranched alkanes of at least 4 members (excludes halogenated alkanes) is 13. The Morgan fingerprint density at radius 3 is 1.42 bits per heavy atom. The second-order valence-corrected chi connectivity index (χ2v) is 7.87. The predicted octanol–water partition coefficient (Wildman–Crippen LogP) is 2.30. The fourth-order valence-corrected chi connectivity index (χ4v) is 3.21. The van der Waals surface area contributed by atoms with E-state index in [0.29, 0.717) is 18.6 Å². The zero-order chi connectivity index (χ0) is 18.8. The van der Waals surface area contributed by atoms with Crippen LogP contribution in [0, 0.1) is 0 Å². The van der Waals surface area contributed by atoms with Crippen molar-refractivity contribution in [1.29, 1.82) is 0 Å². The summed E-state index contributed by atoms with van der Waals surface area (Å²) >= 11 is 0. The molecular formula is C19H37LiO5S. The number of carbonyl (C=O) groups excluding carboxylic acids is 1. The van der Waals surface area contributed by atoms with Crippen LogP contribution >= 0.6 is 0 Å². The van der Waals surface area contributed by atoms with Crippen molar-refractivity contribution in [2.45, 2.75) is 110 Å². The maximum absolute atomic E-state index is 11.2. The van der Waals surface area contributed by atoms with Gasteiger partial charge in [-0.1, -0.05) is 84.0 Å². The topological polar surface area (TPSA) is 83.5 Å². The first-order valence-electron chi connectivity index (χ1n) is 10.1. The van der Waals surface area contributed by atoms with Crippen LogP contribution in [0.3, 0.4) is 0 Å². The zero-order valence-electron chi connectivity index (χ0n) is 17.0. The van der Waals surface area contributed by atoms with Gasteiger partial charge < -0.3 is 4.55 Å². The molecule has 0 saturated heterocycles. The molecule has 150 valence electrons. The standard InChI is InChI=1S/C19H38O5S.Li/c1-2-19(20)17-15-13-11-9-7-5-3-4-6-8-10-12-14-16-18-24-25(21,22)23;/h2-18H2,1H3,(H,21,22,23);/q;+1/p-1. The van der Waals surface area contributed by atoms with E-state index >= 15 is 0 Å². The number of hydrogen-bond donors (Lipinski definition) is 0. The van der Waals surface area contributed by atoms with Crippen LogP contribution in [0.15, 0.2) is 0 Å². The van der Waals surface area contributed by atoms with Crippen molar-refractivity contribution >= 4 is 16.2 Å². The van der Waals surface area contributed by atoms with Gasteiger partial charge in [0.05, 0.1) is 6.61 Å². The number of rotatable bonds is 19. The summed E-state index contributed by atoms with van der Waals surface area (Å²) < 4.78 is 34.8. The Kier molecular flexibility index (Phi) is 21.7. The summed E-state index contributed by atoms with van der Waals surface area (Å²) in [6.45, 7) is 1.95. The fraction of sp³-hybridized carbons (Fsp3) is 0.947. The van der Waals surface area contributed by atoms with Crippen LogP contribution in [-0.4, -0.2) is 25.4 Å². The van der Waals surface area contributed by atoms with E-state index < -0.39 is 10.4 Å². The number of ketones is 1. The van der Waals surface area contributed by atoms with Gasteiger partial charge >= 0.3 is 18.9 Å². The minimum absolute atomic E-state index is 0. The van der Waals surface area contributed by atoms with Crippen molar-refractivity contribution in [3.8, 4) is 0 Å². The van der Waals surface area contributed by atoms with Crippen molar-refractivity contribution < 1.29 is 40.8 Å². The zero-order valence-corrected chi connectivity index (χ0v) is 17.8. The molecule has 0 aromatic heterocycles. The number of carbonyl (C=O) groups is 1. The van der Waals surface area contributed by atoms with Crippen molar-refractivity contribution in [1.82, 2.24) is 0 Å². The van der Waals surface area contributed by atoms with Crippen LogP contribution in [0.25, 0.3) is 0 Å². The molecule has 0 aliphatic rings. The SMILES string of the molecule is CCC(=O)CCCCCCCCCCCCCCCCOS(=O)(=O)[O-].[Li+]. The van der Waals surface area contributed by atoms with E-state index in [0.717, 1.165) is 25.7 Å². The molecule has 0 unspecified atom stereocenters. The third-order valence-corrected chi connectivity index (χ3v) is 4.93. The van der Waals surface area contributed by atoms with Gasteiger partial charge in [-0.15, -0.1) is 0 Å². The normalized spacial score (nSPS) is 11.3. The minimum atomic E-state index is -4.51. The fourth-order valence-electron chi connectivity index (χ4n) is 2.88. The molecular weight excluding hydrogens is 347 g/mol. The summed E-state index contributed by atoms with van der Waals surface area (Å²) in [4.78, 5) is 11.2. The Labute approximate surface area is 173 Å². The molecule has 0 atom stereocenters. The van der Waals surface area contributed by atoms with Gasteiger partial charge in [-0.3, -0.25) is 8.98 Å². The summed E-state index contributed by atoms with van der Waals surface area (Å²) in [5.74, 6) is 0.392. The van der Waals surface area contributed by atoms with Crippen LogP contribution in [0.5, 0.6) is 0 Å². The average Bonchev–Trinajstić information content (AvgIpc) is 2.56. The number of hydrogen-bond acceptors (Lipinski definition) is 5. The summed E-state index contributed by atoms with van der Waals surface area (Å²) in [5, 5.41) is 0. The smallest absolute Gasteiger partial charge is 0.726 e. The van der Waals surface area contributed by atoms with Gasteiger partial charge in [-0.25, -0.2) is 8.42 Å². The number of Topliss-reactive ketones (excluding diaryl/α,β-unsaturated/α-hetero) is 1. The molecule has 0 aliphatic heterocycles. The van der Waals surface area contributed by atoms with Crippen molar-refractivity contribution in [2.24, 2.45) is 0 Å². The van der Waals surface area contributed by atoms with E-state index in [-0.39, 0.29) is 25.5 Å². The van der Waals surface area contributed by atoms with Crippen molar-refractivity contribution in [2.75, 3.05) is 6.61 Å². The molecule has 5 nitrogen and oxygen atoms in total. The van der Waals surface area contributed by atoms with Crippen molar-refractivity contribution in [3.05, 3.63) is 0 Å². The molecule has 0 fully saturated rings. The van der Waals surface area contributed by atoms with Gasteiger partial charge in [0.25, 0.3) is 0 Å². The van der Waals surface area contributed by atoms with Gasteiger partial charge in [0.1, 0.15) is 5.78 Å². The summed E-state index contributed by atoms with van der Waals surface area (Å²) in [5.41, 5.74) is 0. The van der Waals surface area contributed by atoms with E-state index in [4.69, 9.17) is 0 Å².